The summed E-state index contributed by atoms with van der Waals surface area (Å²) in [5.74, 6) is 0.613. The predicted octanol–water partition coefficient (Wildman–Crippen LogP) is 2.03. The molecule has 1 unspecified atom stereocenters. The Kier molecular flexibility index (Phi) is 2.68. The molecule has 0 aliphatic carbocycles. The van der Waals surface area contributed by atoms with Gasteiger partial charge in [-0.1, -0.05) is 6.07 Å². The molecule has 1 aliphatic heterocycles. The van der Waals surface area contributed by atoms with Gasteiger partial charge >= 0.3 is 0 Å². The van der Waals surface area contributed by atoms with E-state index in [9.17, 15) is 4.39 Å². The van der Waals surface area contributed by atoms with Gasteiger partial charge in [0.1, 0.15) is 5.75 Å². The van der Waals surface area contributed by atoms with Gasteiger partial charge < -0.3 is 10.1 Å². The minimum absolute atomic E-state index is 0.613. The molecule has 0 radical (unpaired) electrons. The zero-order valence-electron chi connectivity index (χ0n) is 8.22. The van der Waals surface area contributed by atoms with E-state index in [1.807, 2.05) is 18.2 Å². The van der Waals surface area contributed by atoms with E-state index in [2.05, 4.69) is 5.32 Å². The van der Waals surface area contributed by atoms with Gasteiger partial charge in [0, 0.05) is 13.5 Å². The fraction of sp³-hybridized carbons (Fsp3) is 0.455. The average molecular weight is 195 g/mol. The van der Waals surface area contributed by atoms with E-state index in [1.165, 1.54) is 18.1 Å². The molecule has 1 heterocycles. The van der Waals surface area contributed by atoms with Gasteiger partial charge in [-0.25, -0.2) is 4.39 Å². The quantitative estimate of drug-likeness (QED) is 0.779. The van der Waals surface area contributed by atoms with Crippen molar-refractivity contribution in [1.29, 1.82) is 0 Å². The second-order valence-electron chi connectivity index (χ2n) is 3.52. The van der Waals surface area contributed by atoms with Gasteiger partial charge in [-0.15, -0.1) is 0 Å². The Hall–Kier alpha value is -1.09. The summed E-state index contributed by atoms with van der Waals surface area (Å²) in [4.78, 5) is 0. The molecule has 14 heavy (non-hydrogen) atoms. The highest BCUT2D eigenvalue weighted by Gasteiger charge is 2.10. The summed E-state index contributed by atoms with van der Waals surface area (Å²) in [6.45, 7) is 3.26. The van der Waals surface area contributed by atoms with E-state index >= 15 is 0 Å². The van der Waals surface area contributed by atoms with Gasteiger partial charge in [0.05, 0.1) is 0 Å². The summed E-state index contributed by atoms with van der Waals surface area (Å²) in [5.41, 5.74) is 2.55. The van der Waals surface area contributed by atoms with Crippen molar-refractivity contribution in [3.8, 4) is 5.75 Å². The van der Waals surface area contributed by atoms with Crippen molar-refractivity contribution >= 4 is 0 Å². The first kappa shape index (κ1) is 9.46. The van der Waals surface area contributed by atoms with Crippen LogP contribution in [0, 0.1) is 0 Å². The normalized spacial score (nSPS) is 17.3. The molecule has 76 valence electrons. The summed E-state index contributed by atoms with van der Waals surface area (Å²) in [6, 6.07) is 5.77. The number of halogens is 1. The van der Waals surface area contributed by atoms with Crippen molar-refractivity contribution in [2.45, 2.75) is 26.2 Å². The molecule has 1 aromatic carbocycles. The van der Waals surface area contributed by atoms with Crippen molar-refractivity contribution in [2.75, 3.05) is 6.54 Å². The smallest absolute Gasteiger partial charge is 0.235 e. The van der Waals surface area contributed by atoms with E-state index in [0.717, 1.165) is 19.5 Å². The third kappa shape index (κ3) is 2.04. The molecule has 3 heteroatoms. The maximum atomic E-state index is 12.6. The molecule has 1 aromatic rings. The van der Waals surface area contributed by atoms with Crippen molar-refractivity contribution in [1.82, 2.24) is 5.32 Å². The first-order valence-electron chi connectivity index (χ1n) is 4.89. The van der Waals surface area contributed by atoms with Crippen LogP contribution in [0.25, 0.3) is 0 Å². The summed E-state index contributed by atoms with van der Waals surface area (Å²) in [7, 11) is 0. The fourth-order valence-corrected chi connectivity index (χ4v) is 1.72. The monoisotopic (exact) mass is 195 g/mol. The molecule has 1 N–H and O–H groups in total. The molecule has 0 fully saturated rings. The highest BCUT2D eigenvalue weighted by atomic mass is 19.1. The van der Waals surface area contributed by atoms with E-state index in [-0.39, 0.29) is 0 Å². The van der Waals surface area contributed by atoms with Crippen LogP contribution in [-0.2, 0) is 13.0 Å². The van der Waals surface area contributed by atoms with Crippen LogP contribution in [0.3, 0.4) is 0 Å². The molecular formula is C11H14FNO. The third-order valence-corrected chi connectivity index (χ3v) is 2.36. The molecular weight excluding hydrogens is 181 g/mol. The Morgan fingerprint density at radius 2 is 2.29 bits per heavy atom. The van der Waals surface area contributed by atoms with Crippen molar-refractivity contribution in [3.05, 3.63) is 29.3 Å². The summed E-state index contributed by atoms with van der Waals surface area (Å²) >= 11 is 0. The maximum absolute atomic E-state index is 12.6. The van der Waals surface area contributed by atoms with E-state index in [4.69, 9.17) is 4.74 Å². The Labute approximate surface area is 83.1 Å². The van der Waals surface area contributed by atoms with Crippen molar-refractivity contribution in [2.24, 2.45) is 0 Å². The number of nitrogens with one attached hydrogen (secondary N) is 1. The van der Waals surface area contributed by atoms with Gasteiger partial charge in [0.25, 0.3) is 0 Å². The molecule has 0 amide bonds. The molecule has 1 atom stereocenters. The minimum atomic E-state index is -1.25. The highest BCUT2D eigenvalue weighted by molar-refractivity contribution is 5.37. The Morgan fingerprint density at radius 3 is 3.07 bits per heavy atom. The molecule has 0 saturated heterocycles. The summed E-state index contributed by atoms with van der Waals surface area (Å²) < 4.78 is 17.6. The minimum Gasteiger partial charge on any atom is -0.461 e. The predicted molar refractivity (Wildman–Crippen MR) is 53.1 cm³/mol. The van der Waals surface area contributed by atoms with E-state index < -0.39 is 6.36 Å². The lowest BCUT2D eigenvalue weighted by Crippen LogP contribution is -2.23. The number of benzene rings is 1. The van der Waals surface area contributed by atoms with Crippen LogP contribution in [0.4, 0.5) is 4.39 Å². The standard InChI is InChI=1S/C11H14FNO/c1-8(12)14-11-3-2-9-4-5-13-7-10(9)6-11/h2-3,6,8,13H,4-5,7H2,1H3. The molecule has 2 nitrogen and oxygen atoms in total. The molecule has 2 rings (SSSR count). The Morgan fingerprint density at radius 1 is 1.43 bits per heavy atom. The van der Waals surface area contributed by atoms with Gasteiger partial charge in [-0.2, -0.15) is 0 Å². The number of ether oxygens (including phenoxy) is 1. The molecule has 1 aliphatic rings. The first-order valence-corrected chi connectivity index (χ1v) is 4.89. The van der Waals surface area contributed by atoms with Crippen LogP contribution >= 0.6 is 0 Å². The van der Waals surface area contributed by atoms with Gasteiger partial charge in [0.2, 0.25) is 6.36 Å². The Bertz CT molecular complexity index is 325. The average Bonchev–Trinajstić information content (AvgIpc) is 2.17. The van der Waals surface area contributed by atoms with Crippen LogP contribution in [0.1, 0.15) is 18.1 Å². The van der Waals surface area contributed by atoms with Crippen LogP contribution in [-0.4, -0.2) is 12.9 Å². The largest absolute Gasteiger partial charge is 0.461 e. The first-order chi connectivity index (χ1) is 6.75. The van der Waals surface area contributed by atoms with Crippen molar-refractivity contribution in [3.63, 3.8) is 0 Å². The zero-order chi connectivity index (χ0) is 9.97. The number of fused-ring (bicyclic) bond motifs is 1. The maximum Gasteiger partial charge on any atom is 0.235 e. The third-order valence-electron chi connectivity index (χ3n) is 2.36. The van der Waals surface area contributed by atoms with Crippen LogP contribution in [0.5, 0.6) is 5.75 Å². The van der Waals surface area contributed by atoms with Gasteiger partial charge in [0.15, 0.2) is 0 Å². The second kappa shape index (κ2) is 3.96. The lowest BCUT2D eigenvalue weighted by molar-refractivity contribution is 0.0859. The number of hydrogen-bond donors (Lipinski definition) is 1. The topological polar surface area (TPSA) is 21.3 Å². The number of rotatable bonds is 2. The van der Waals surface area contributed by atoms with Crippen LogP contribution < -0.4 is 10.1 Å². The molecule has 0 spiro atoms. The van der Waals surface area contributed by atoms with E-state index in [1.54, 1.807) is 0 Å². The van der Waals surface area contributed by atoms with Crippen LogP contribution in [0.2, 0.25) is 0 Å². The van der Waals surface area contributed by atoms with Crippen LogP contribution in [0.15, 0.2) is 18.2 Å². The Balaban J connectivity index is 2.20. The van der Waals surface area contributed by atoms with Crippen molar-refractivity contribution < 1.29 is 9.13 Å². The lowest BCUT2D eigenvalue weighted by atomic mass is 10.0. The summed E-state index contributed by atoms with van der Waals surface area (Å²) in [6.07, 6.45) is -0.203. The molecule has 0 aromatic heterocycles. The molecule has 0 bridgehead atoms. The van der Waals surface area contributed by atoms with Gasteiger partial charge in [-0.05, 0) is 36.2 Å². The lowest BCUT2D eigenvalue weighted by Gasteiger charge is -2.18. The number of alkyl halides is 1. The van der Waals surface area contributed by atoms with E-state index in [0.29, 0.717) is 5.75 Å². The second-order valence-corrected chi connectivity index (χ2v) is 3.52. The highest BCUT2D eigenvalue weighted by Crippen LogP contribution is 2.21. The number of hydrogen-bond acceptors (Lipinski definition) is 2. The zero-order valence-corrected chi connectivity index (χ0v) is 8.22. The van der Waals surface area contributed by atoms with Gasteiger partial charge in [-0.3, -0.25) is 0 Å². The summed E-state index contributed by atoms with van der Waals surface area (Å²) in [5, 5.41) is 3.27. The SMILES string of the molecule is CC(F)Oc1ccc2c(c1)CNCC2. The molecule has 0 saturated carbocycles. The fourth-order valence-electron chi connectivity index (χ4n) is 1.72.